The van der Waals surface area contributed by atoms with Gasteiger partial charge < -0.3 is 10.5 Å². The summed E-state index contributed by atoms with van der Waals surface area (Å²) in [6, 6.07) is 1.21. The Labute approximate surface area is 103 Å². The smallest absolute Gasteiger partial charge is 0.216 e. The predicted molar refractivity (Wildman–Crippen MR) is 62.8 cm³/mol. The minimum Gasteiger partial charge on any atom is -0.481 e. The van der Waals surface area contributed by atoms with E-state index in [4.69, 9.17) is 22.1 Å². The molecule has 0 radical (unpaired) electrons. The first kappa shape index (κ1) is 11.8. The van der Waals surface area contributed by atoms with Crippen molar-refractivity contribution in [2.45, 2.75) is 6.04 Å². The third kappa shape index (κ3) is 2.22. The number of ether oxygens (including phenoxy) is 1. The van der Waals surface area contributed by atoms with Crippen molar-refractivity contribution in [2.24, 2.45) is 12.8 Å². The second-order valence-electron chi connectivity index (χ2n) is 3.46. The van der Waals surface area contributed by atoms with Crippen LogP contribution >= 0.6 is 11.6 Å². The van der Waals surface area contributed by atoms with Crippen LogP contribution in [0.5, 0.6) is 5.88 Å². The molecule has 0 bridgehead atoms. The molecule has 1 unspecified atom stereocenters. The Hall–Kier alpha value is -1.66. The highest BCUT2D eigenvalue weighted by Crippen LogP contribution is 2.25. The van der Waals surface area contributed by atoms with E-state index in [1.165, 1.54) is 13.4 Å². The van der Waals surface area contributed by atoms with E-state index in [0.29, 0.717) is 22.3 Å². The Morgan fingerprint density at radius 3 is 2.82 bits per heavy atom. The highest BCUT2D eigenvalue weighted by atomic mass is 35.5. The molecule has 2 aromatic heterocycles. The average Bonchev–Trinajstić information content (AvgIpc) is 2.68. The van der Waals surface area contributed by atoms with E-state index < -0.39 is 6.04 Å². The number of hydrogen-bond acceptors (Lipinski definition) is 5. The second kappa shape index (κ2) is 4.68. The van der Waals surface area contributed by atoms with Crippen LogP contribution < -0.4 is 10.5 Å². The molecule has 2 heterocycles. The Morgan fingerprint density at radius 2 is 2.24 bits per heavy atom. The standard InChI is InChI=1S/C10H12ClN5O/c1-16-10(6(11)4-15-16)9(12)7-3-8(17-2)14-5-13-7/h3-5,9H,12H2,1-2H3. The van der Waals surface area contributed by atoms with Gasteiger partial charge in [-0.2, -0.15) is 5.10 Å². The van der Waals surface area contributed by atoms with Crippen molar-refractivity contribution < 1.29 is 4.74 Å². The van der Waals surface area contributed by atoms with Crippen molar-refractivity contribution in [1.82, 2.24) is 19.7 Å². The highest BCUT2D eigenvalue weighted by Gasteiger charge is 2.18. The van der Waals surface area contributed by atoms with Crippen molar-refractivity contribution >= 4 is 11.6 Å². The maximum absolute atomic E-state index is 6.09. The minimum atomic E-state index is -0.466. The van der Waals surface area contributed by atoms with Crippen molar-refractivity contribution in [3.8, 4) is 5.88 Å². The van der Waals surface area contributed by atoms with E-state index in [9.17, 15) is 0 Å². The largest absolute Gasteiger partial charge is 0.481 e. The number of nitrogens with zero attached hydrogens (tertiary/aromatic N) is 4. The topological polar surface area (TPSA) is 78.9 Å². The van der Waals surface area contributed by atoms with Crippen LogP contribution in [-0.4, -0.2) is 26.9 Å². The average molecular weight is 254 g/mol. The van der Waals surface area contributed by atoms with Gasteiger partial charge in [-0.15, -0.1) is 0 Å². The third-order valence-corrected chi connectivity index (χ3v) is 2.71. The fourth-order valence-corrected chi connectivity index (χ4v) is 1.83. The van der Waals surface area contributed by atoms with E-state index in [-0.39, 0.29) is 0 Å². The zero-order valence-electron chi connectivity index (χ0n) is 9.46. The van der Waals surface area contributed by atoms with Gasteiger partial charge in [-0.1, -0.05) is 11.6 Å². The molecule has 0 amide bonds. The molecule has 1 atom stereocenters. The maximum Gasteiger partial charge on any atom is 0.216 e. The molecule has 0 aliphatic rings. The summed E-state index contributed by atoms with van der Waals surface area (Å²) in [7, 11) is 3.31. The van der Waals surface area contributed by atoms with E-state index in [0.717, 1.165) is 0 Å². The molecule has 0 spiro atoms. The number of methoxy groups -OCH3 is 1. The molecule has 17 heavy (non-hydrogen) atoms. The molecule has 2 N–H and O–H groups in total. The van der Waals surface area contributed by atoms with Crippen LogP contribution in [0.2, 0.25) is 5.02 Å². The molecule has 2 aromatic rings. The zero-order chi connectivity index (χ0) is 12.4. The zero-order valence-corrected chi connectivity index (χ0v) is 10.2. The summed E-state index contributed by atoms with van der Waals surface area (Å²) < 4.78 is 6.65. The lowest BCUT2D eigenvalue weighted by Crippen LogP contribution is -2.18. The molecule has 0 aliphatic heterocycles. The van der Waals surface area contributed by atoms with E-state index in [2.05, 4.69) is 15.1 Å². The molecule has 90 valence electrons. The Balaban J connectivity index is 2.40. The molecule has 2 rings (SSSR count). The van der Waals surface area contributed by atoms with Crippen LogP contribution in [0, 0.1) is 0 Å². The maximum atomic E-state index is 6.09. The molecular weight excluding hydrogens is 242 g/mol. The van der Waals surface area contributed by atoms with Crippen LogP contribution in [0.25, 0.3) is 0 Å². The second-order valence-corrected chi connectivity index (χ2v) is 3.87. The molecular formula is C10H12ClN5O. The lowest BCUT2D eigenvalue weighted by molar-refractivity contribution is 0.395. The summed E-state index contributed by atoms with van der Waals surface area (Å²) in [5, 5.41) is 4.55. The van der Waals surface area contributed by atoms with Gasteiger partial charge in [0.1, 0.15) is 6.33 Å². The van der Waals surface area contributed by atoms with Gasteiger partial charge in [-0.3, -0.25) is 4.68 Å². The quantitative estimate of drug-likeness (QED) is 0.880. The first-order chi connectivity index (χ1) is 8.13. The fourth-order valence-electron chi connectivity index (χ4n) is 1.55. The Kier molecular flexibility index (Phi) is 3.26. The van der Waals surface area contributed by atoms with Gasteiger partial charge in [0.15, 0.2) is 0 Å². The van der Waals surface area contributed by atoms with Gasteiger partial charge >= 0.3 is 0 Å². The normalized spacial score (nSPS) is 12.5. The molecule has 6 nitrogen and oxygen atoms in total. The number of halogens is 1. The van der Waals surface area contributed by atoms with Crippen LogP contribution in [0.15, 0.2) is 18.6 Å². The van der Waals surface area contributed by atoms with Crippen molar-refractivity contribution in [2.75, 3.05) is 7.11 Å². The van der Waals surface area contributed by atoms with Crippen molar-refractivity contribution in [1.29, 1.82) is 0 Å². The van der Waals surface area contributed by atoms with Gasteiger partial charge in [-0.25, -0.2) is 9.97 Å². The Morgan fingerprint density at radius 1 is 1.47 bits per heavy atom. The monoisotopic (exact) mass is 253 g/mol. The summed E-state index contributed by atoms with van der Waals surface area (Å²) in [6.45, 7) is 0. The van der Waals surface area contributed by atoms with Gasteiger partial charge in [0.2, 0.25) is 5.88 Å². The number of rotatable bonds is 3. The molecule has 0 fully saturated rings. The SMILES string of the molecule is COc1cc(C(N)c2c(Cl)cnn2C)ncn1. The summed E-state index contributed by atoms with van der Waals surface area (Å²) >= 11 is 6.03. The van der Waals surface area contributed by atoms with Gasteiger partial charge in [0.05, 0.1) is 35.8 Å². The van der Waals surface area contributed by atoms with Gasteiger partial charge in [0, 0.05) is 13.1 Å². The lowest BCUT2D eigenvalue weighted by Gasteiger charge is -2.12. The molecule has 7 heteroatoms. The minimum absolute atomic E-state index is 0.462. The van der Waals surface area contributed by atoms with Crippen LogP contribution in [0.1, 0.15) is 17.4 Å². The molecule has 0 aromatic carbocycles. The number of nitrogens with two attached hydrogens (primary N) is 1. The number of aromatic nitrogens is 4. The third-order valence-electron chi connectivity index (χ3n) is 2.42. The lowest BCUT2D eigenvalue weighted by atomic mass is 10.1. The summed E-state index contributed by atoms with van der Waals surface area (Å²) in [4.78, 5) is 8.03. The molecule has 0 aliphatic carbocycles. The van der Waals surface area contributed by atoms with E-state index in [1.54, 1.807) is 24.0 Å². The van der Waals surface area contributed by atoms with Crippen molar-refractivity contribution in [3.05, 3.63) is 35.0 Å². The van der Waals surface area contributed by atoms with Crippen LogP contribution in [-0.2, 0) is 7.05 Å². The van der Waals surface area contributed by atoms with Crippen LogP contribution in [0.4, 0.5) is 0 Å². The van der Waals surface area contributed by atoms with Crippen LogP contribution in [0.3, 0.4) is 0 Å². The predicted octanol–water partition coefficient (Wildman–Crippen LogP) is 0.920. The Bertz CT molecular complexity index is 508. The van der Waals surface area contributed by atoms with Crippen molar-refractivity contribution in [3.63, 3.8) is 0 Å². The first-order valence-electron chi connectivity index (χ1n) is 4.92. The number of aryl methyl sites for hydroxylation is 1. The van der Waals surface area contributed by atoms with E-state index in [1.807, 2.05) is 0 Å². The summed E-state index contributed by atoms with van der Waals surface area (Å²) in [5.74, 6) is 0.462. The summed E-state index contributed by atoms with van der Waals surface area (Å²) in [6.07, 6.45) is 2.95. The van der Waals surface area contributed by atoms with Gasteiger partial charge in [-0.05, 0) is 0 Å². The molecule has 0 saturated carbocycles. The summed E-state index contributed by atoms with van der Waals surface area (Å²) in [5.41, 5.74) is 7.42. The first-order valence-corrected chi connectivity index (χ1v) is 5.30. The number of hydrogen-bond donors (Lipinski definition) is 1. The fraction of sp³-hybridized carbons (Fsp3) is 0.300. The van der Waals surface area contributed by atoms with Gasteiger partial charge in [0.25, 0.3) is 0 Å². The van der Waals surface area contributed by atoms with E-state index >= 15 is 0 Å². The highest BCUT2D eigenvalue weighted by molar-refractivity contribution is 6.31. The molecule has 0 saturated heterocycles.